The standard InChI is InChI=1S/C8H10N4O5S/c1-17-5-4(3-9-6(10-5)18-2)12(8(15)16)11-7(13)14/h3,11H,1-2H3,(H,13,14)(H,15,16). The molecule has 0 radical (unpaired) electrons. The molecule has 0 aliphatic rings. The number of aromatic nitrogens is 2. The Labute approximate surface area is 106 Å². The molecule has 0 saturated carbocycles. The number of nitrogens with one attached hydrogen (secondary N) is 1. The van der Waals surface area contributed by atoms with Crippen molar-refractivity contribution in [2.45, 2.75) is 5.16 Å². The van der Waals surface area contributed by atoms with Gasteiger partial charge in [-0.2, -0.15) is 9.99 Å². The van der Waals surface area contributed by atoms with Gasteiger partial charge in [-0.15, -0.1) is 0 Å². The maximum Gasteiger partial charge on any atom is 0.431 e. The second-order valence-electron chi connectivity index (χ2n) is 2.79. The first-order valence-electron chi connectivity index (χ1n) is 4.47. The van der Waals surface area contributed by atoms with Crippen LogP contribution in [0.5, 0.6) is 5.88 Å². The highest BCUT2D eigenvalue weighted by Gasteiger charge is 2.22. The van der Waals surface area contributed by atoms with Crippen LogP contribution in [0.15, 0.2) is 11.4 Å². The molecular weight excluding hydrogens is 264 g/mol. The molecule has 0 bridgehead atoms. The van der Waals surface area contributed by atoms with Crippen molar-refractivity contribution in [3.8, 4) is 5.88 Å². The molecule has 1 aromatic heterocycles. The van der Waals surface area contributed by atoms with Crippen molar-refractivity contribution in [2.75, 3.05) is 18.4 Å². The van der Waals surface area contributed by atoms with E-state index >= 15 is 0 Å². The topological polar surface area (TPSA) is 125 Å². The van der Waals surface area contributed by atoms with Gasteiger partial charge < -0.3 is 14.9 Å². The highest BCUT2D eigenvalue weighted by molar-refractivity contribution is 7.98. The van der Waals surface area contributed by atoms with Gasteiger partial charge in [0.1, 0.15) is 0 Å². The van der Waals surface area contributed by atoms with Crippen molar-refractivity contribution in [3.63, 3.8) is 0 Å². The first-order valence-corrected chi connectivity index (χ1v) is 5.69. The Bertz CT molecular complexity index is 469. The third-order valence-electron chi connectivity index (χ3n) is 1.73. The van der Waals surface area contributed by atoms with Crippen LogP contribution in [-0.4, -0.2) is 45.7 Å². The Morgan fingerprint density at radius 1 is 1.50 bits per heavy atom. The van der Waals surface area contributed by atoms with Crippen LogP contribution in [0.2, 0.25) is 0 Å². The molecule has 0 spiro atoms. The molecule has 9 nitrogen and oxygen atoms in total. The zero-order valence-corrected chi connectivity index (χ0v) is 10.3. The van der Waals surface area contributed by atoms with Crippen LogP contribution in [0.25, 0.3) is 0 Å². The Morgan fingerprint density at radius 2 is 2.17 bits per heavy atom. The fourth-order valence-electron chi connectivity index (χ4n) is 1.05. The maximum atomic E-state index is 10.9. The number of hydrazine groups is 1. The lowest BCUT2D eigenvalue weighted by Crippen LogP contribution is -2.45. The fraction of sp³-hybridized carbons (Fsp3) is 0.250. The molecule has 18 heavy (non-hydrogen) atoms. The molecule has 2 amide bonds. The number of amides is 2. The van der Waals surface area contributed by atoms with Crippen molar-refractivity contribution in [1.82, 2.24) is 15.4 Å². The zero-order valence-electron chi connectivity index (χ0n) is 9.45. The normalized spacial score (nSPS) is 9.67. The number of ether oxygens (including phenoxy) is 1. The van der Waals surface area contributed by atoms with Crippen molar-refractivity contribution < 1.29 is 24.5 Å². The molecule has 0 atom stereocenters. The van der Waals surface area contributed by atoms with Gasteiger partial charge in [0.2, 0.25) is 5.88 Å². The third-order valence-corrected chi connectivity index (χ3v) is 2.29. The first kappa shape index (κ1) is 13.8. The molecular formula is C8H10N4O5S. The highest BCUT2D eigenvalue weighted by atomic mass is 32.2. The molecule has 0 aliphatic carbocycles. The van der Waals surface area contributed by atoms with Crippen molar-refractivity contribution in [2.24, 2.45) is 0 Å². The molecule has 10 heteroatoms. The number of methoxy groups -OCH3 is 1. The summed E-state index contributed by atoms with van der Waals surface area (Å²) < 4.78 is 4.90. The van der Waals surface area contributed by atoms with Gasteiger partial charge in [0.25, 0.3) is 0 Å². The first-order chi connectivity index (χ1) is 8.49. The monoisotopic (exact) mass is 274 g/mol. The molecule has 98 valence electrons. The summed E-state index contributed by atoms with van der Waals surface area (Å²) in [6, 6.07) is 0. The summed E-state index contributed by atoms with van der Waals surface area (Å²) in [5.74, 6) is -0.0505. The van der Waals surface area contributed by atoms with Crippen molar-refractivity contribution in [3.05, 3.63) is 6.20 Å². The average Bonchev–Trinajstić information content (AvgIpc) is 2.34. The van der Waals surface area contributed by atoms with E-state index in [0.717, 1.165) is 6.20 Å². The van der Waals surface area contributed by atoms with Crippen molar-refractivity contribution >= 4 is 29.6 Å². The Hall–Kier alpha value is -2.23. The summed E-state index contributed by atoms with van der Waals surface area (Å²) in [6.45, 7) is 0. The van der Waals surface area contributed by atoms with Crippen LogP contribution >= 0.6 is 11.8 Å². The van der Waals surface area contributed by atoms with E-state index in [0.29, 0.717) is 10.2 Å². The minimum atomic E-state index is -1.53. The van der Waals surface area contributed by atoms with E-state index in [1.165, 1.54) is 18.9 Å². The van der Waals surface area contributed by atoms with E-state index in [-0.39, 0.29) is 11.6 Å². The predicted molar refractivity (Wildman–Crippen MR) is 62.0 cm³/mol. The van der Waals surface area contributed by atoms with E-state index in [9.17, 15) is 9.59 Å². The van der Waals surface area contributed by atoms with Crippen LogP contribution < -0.4 is 15.2 Å². The largest absolute Gasteiger partial charge is 0.479 e. The molecule has 0 unspecified atom stereocenters. The van der Waals surface area contributed by atoms with Gasteiger partial charge >= 0.3 is 12.2 Å². The van der Waals surface area contributed by atoms with Gasteiger partial charge in [0, 0.05) is 0 Å². The van der Waals surface area contributed by atoms with Crippen molar-refractivity contribution in [1.29, 1.82) is 0 Å². The van der Waals surface area contributed by atoms with Gasteiger partial charge in [-0.3, -0.25) is 0 Å². The number of anilines is 1. The molecule has 0 aliphatic heterocycles. The third kappa shape index (κ3) is 3.13. The smallest absolute Gasteiger partial charge is 0.431 e. The number of rotatable bonds is 3. The number of carboxylic acid groups (broad SMARTS) is 2. The quantitative estimate of drug-likeness (QED) is 0.421. The number of hydrogen-bond acceptors (Lipinski definition) is 6. The lowest BCUT2D eigenvalue weighted by molar-refractivity contribution is 0.180. The van der Waals surface area contributed by atoms with Crippen LogP contribution in [-0.2, 0) is 0 Å². The van der Waals surface area contributed by atoms with Crippen LogP contribution in [0, 0.1) is 0 Å². The summed E-state index contributed by atoms with van der Waals surface area (Å²) in [4.78, 5) is 29.2. The molecule has 0 fully saturated rings. The molecule has 1 rings (SSSR count). The summed E-state index contributed by atoms with van der Waals surface area (Å²) >= 11 is 1.24. The second kappa shape index (κ2) is 5.91. The molecule has 0 saturated heterocycles. The molecule has 1 aromatic rings. The Balaban J connectivity index is 3.18. The summed E-state index contributed by atoms with van der Waals surface area (Å²) in [6.07, 6.45) is -0.176. The van der Waals surface area contributed by atoms with E-state index in [1.54, 1.807) is 11.7 Å². The lowest BCUT2D eigenvalue weighted by Gasteiger charge is -2.19. The Morgan fingerprint density at radius 3 is 2.61 bits per heavy atom. The van der Waals surface area contributed by atoms with E-state index in [4.69, 9.17) is 14.9 Å². The van der Waals surface area contributed by atoms with E-state index in [2.05, 4.69) is 9.97 Å². The minimum Gasteiger partial charge on any atom is -0.479 e. The van der Waals surface area contributed by atoms with Crippen LogP contribution in [0.1, 0.15) is 0 Å². The summed E-state index contributed by atoms with van der Waals surface area (Å²) in [5.41, 5.74) is 1.57. The van der Waals surface area contributed by atoms with Gasteiger partial charge in [-0.05, 0) is 6.26 Å². The lowest BCUT2D eigenvalue weighted by atomic mass is 10.5. The van der Waals surface area contributed by atoms with Gasteiger partial charge in [0.15, 0.2) is 10.8 Å². The van der Waals surface area contributed by atoms with Gasteiger partial charge in [0.05, 0.1) is 13.3 Å². The molecule has 3 N–H and O–H groups in total. The summed E-state index contributed by atoms with van der Waals surface area (Å²) in [5, 5.41) is 18.2. The minimum absolute atomic E-state index is 0.0505. The second-order valence-corrected chi connectivity index (χ2v) is 3.56. The average molecular weight is 274 g/mol. The fourth-order valence-corrected chi connectivity index (χ4v) is 1.39. The zero-order chi connectivity index (χ0) is 13.7. The highest BCUT2D eigenvalue weighted by Crippen LogP contribution is 2.26. The number of nitrogens with zero attached hydrogens (tertiary/aromatic N) is 3. The number of carbonyl (C=O) groups is 2. The SMILES string of the molecule is COc1nc(SC)ncc1N(NC(=O)O)C(=O)O. The Kier molecular flexibility index (Phi) is 4.54. The van der Waals surface area contributed by atoms with E-state index in [1.807, 2.05) is 0 Å². The van der Waals surface area contributed by atoms with Gasteiger partial charge in [-0.25, -0.2) is 20.0 Å². The number of hydrogen-bond donors (Lipinski definition) is 3. The van der Waals surface area contributed by atoms with Crippen LogP contribution in [0.4, 0.5) is 15.3 Å². The van der Waals surface area contributed by atoms with Crippen LogP contribution in [0.3, 0.4) is 0 Å². The maximum absolute atomic E-state index is 10.9. The number of thioether (sulfide) groups is 1. The summed E-state index contributed by atoms with van der Waals surface area (Å²) in [7, 11) is 1.29. The van der Waals surface area contributed by atoms with Gasteiger partial charge in [-0.1, -0.05) is 11.8 Å². The molecule has 1 heterocycles. The molecule has 0 aromatic carbocycles. The van der Waals surface area contributed by atoms with E-state index < -0.39 is 12.2 Å². The predicted octanol–water partition coefficient (Wildman–Crippen LogP) is 0.874.